The van der Waals surface area contributed by atoms with E-state index in [-0.39, 0.29) is 18.3 Å². The van der Waals surface area contributed by atoms with Crippen molar-refractivity contribution in [1.82, 2.24) is 4.98 Å². The number of fused-ring (bicyclic) bond motifs is 3. The summed E-state index contributed by atoms with van der Waals surface area (Å²) < 4.78 is 13.0. The molecule has 1 aliphatic rings. The fourth-order valence-electron chi connectivity index (χ4n) is 4.78. The first-order valence-electron chi connectivity index (χ1n) is 10.7. The van der Waals surface area contributed by atoms with Crippen LogP contribution in [0.25, 0.3) is 21.8 Å². The summed E-state index contributed by atoms with van der Waals surface area (Å²) in [6.07, 6.45) is 0. The monoisotopic (exact) mass is 391 g/mol. The highest BCUT2D eigenvalue weighted by molar-refractivity contribution is 6.66. The van der Waals surface area contributed by atoms with Crippen molar-refractivity contribution in [2.45, 2.75) is 87.4 Å². The predicted octanol–water partition coefficient (Wildman–Crippen LogP) is 5.78. The number of benzene rings is 2. The van der Waals surface area contributed by atoms with Gasteiger partial charge in [-0.1, -0.05) is 0 Å². The van der Waals surface area contributed by atoms with Crippen LogP contribution >= 0.6 is 0 Å². The van der Waals surface area contributed by atoms with Crippen molar-refractivity contribution < 1.29 is 9.31 Å². The van der Waals surface area contributed by atoms with E-state index < -0.39 is 0 Å². The molecule has 0 aliphatic carbocycles. The molecule has 0 saturated carbocycles. The molecule has 1 N–H and O–H groups in total. The first-order chi connectivity index (χ1) is 13.3. The highest BCUT2D eigenvalue weighted by Gasteiger charge is 2.52. The Balaban J connectivity index is 2.15. The van der Waals surface area contributed by atoms with E-state index in [9.17, 15) is 0 Å². The Bertz CT molecular complexity index is 1170. The minimum Gasteiger partial charge on any atom is -0.399 e. The van der Waals surface area contributed by atoms with Crippen molar-refractivity contribution in [3.05, 3.63) is 38.9 Å². The van der Waals surface area contributed by atoms with E-state index in [0.717, 1.165) is 11.0 Å². The molecule has 3 aromatic rings. The standard InChI is InChI=1S/C25H34BNO2/c1-12-13(2)18(7)22-19(15(12)4)20-16(5)14(3)17(6)21(23(20)27-22)26-28-24(8,9)25(10,11)29-26/h27H,1-11H3. The van der Waals surface area contributed by atoms with Crippen molar-refractivity contribution >= 4 is 34.4 Å². The number of aromatic amines is 1. The number of nitrogens with one attached hydrogen (secondary N) is 1. The van der Waals surface area contributed by atoms with Crippen molar-refractivity contribution in [1.29, 1.82) is 0 Å². The average Bonchev–Trinajstić information content (AvgIpc) is 3.11. The van der Waals surface area contributed by atoms with Crippen LogP contribution in [0.5, 0.6) is 0 Å². The van der Waals surface area contributed by atoms with Gasteiger partial charge >= 0.3 is 7.12 Å². The van der Waals surface area contributed by atoms with Gasteiger partial charge in [0, 0.05) is 27.3 Å². The minimum atomic E-state index is -0.377. The zero-order valence-electron chi connectivity index (χ0n) is 19.9. The van der Waals surface area contributed by atoms with Gasteiger partial charge in [-0.25, -0.2) is 0 Å². The van der Waals surface area contributed by atoms with Gasteiger partial charge in [0.1, 0.15) is 0 Å². The third-order valence-corrected chi connectivity index (χ3v) is 8.10. The largest absolute Gasteiger partial charge is 0.497 e. The quantitative estimate of drug-likeness (QED) is 0.534. The summed E-state index contributed by atoms with van der Waals surface area (Å²) >= 11 is 0. The zero-order chi connectivity index (χ0) is 21.6. The second kappa shape index (κ2) is 6.12. The molecule has 0 bridgehead atoms. The highest BCUT2D eigenvalue weighted by Crippen LogP contribution is 2.40. The van der Waals surface area contributed by atoms with Gasteiger partial charge in [0.2, 0.25) is 0 Å². The lowest BCUT2D eigenvalue weighted by Gasteiger charge is -2.32. The number of hydrogen-bond donors (Lipinski definition) is 1. The van der Waals surface area contributed by atoms with E-state index in [1.165, 1.54) is 55.2 Å². The van der Waals surface area contributed by atoms with Gasteiger partial charge in [-0.05, 0) is 115 Å². The van der Waals surface area contributed by atoms with Crippen LogP contribution in [0.4, 0.5) is 0 Å². The number of aryl methyl sites for hydroxylation is 3. The third-order valence-electron chi connectivity index (χ3n) is 8.10. The molecule has 154 valence electrons. The number of H-pyrrole nitrogens is 1. The van der Waals surface area contributed by atoms with Gasteiger partial charge < -0.3 is 14.3 Å². The van der Waals surface area contributed by atoms with Crippen LogP contribution in [0.3, 0.4) is 0 Å². The molecule has 0 unspecified atom stereocenters. The van der Waals surface area contributed by atoms with Crippen LogP contribution in [0.15, 0.2) is 0 Å². The highest BCUT2D eigenvalue weighted by atomic mass is 16.7. The molecule has 0 amide bonds. The van der Waals surface area contributed by atoms with Crippen molar-refractivity contribution in [3.8, 4) is 0 Å². The molecular weight excluding hydrogens is 357 g/mol. The van der Waals surface area contributed by atoms with Gasteiger partial charge in [0.15, 0.2) is 0 Å². The second-order valence-corrected chi connectivity index (χ2v) is 10.0. The smallest absolute Gasteiger partial charge is 0.399 e. The van der Waals surface area contributed by atoms with Crippen molar-refractivity contribution in [3.63, 3.8) is 0 Å². The van der Waals surface area contributed by atoms with Crippen LogP contribution in [-0.2, 0) is 9.31 Å². The lowest BCUT2D eigenvalue weighted by atomic mass is 9.72. The molecular formula is C25H34BNO2. The normalized spacial score (nSPS) is 18.4. The molecule has 4 rings (SSSR count). The Kier molecular flexibility index (Phi) is 4.32. The zero-order valence-corrected chi connectivity index (χ0v) is 19.9. The lowest BCUT2D eigenvalue weighted by Crippen LogP contribution is -2.41. The molecule has 1 aliphatic heterocycles. The summed E-state index contributed by atoms with van der Waals surface area (Å²) in [6, 6.07) is 0. The first kappa shape index (κ1) is 20.5. The molecule has 0 atom stereocenters. The molecule has 29 heavy (non-hydrogen) atoms. The molecule has 0 spiro atoms. The van der Waals surface area contributed by atoms with Gasteiger partial charge in [0.05, 0.1) is 11.2 Å². The van der Waals surface area contributed by atoms with Crippen LogP contribution in [0, 0.1) is 48.5 Å². The molecule has 4 heteroatoms. The van der Waals surface area contributed by atoms with Crippen molar-refractivity contribution in [2.75, 3.05) is 0 Å². The fourth-order valence-corrected chi connectivity index (χ4v) is 4.78. The molecule has 1 fully saturated rings. The van der Waals surface area contributed by atoms with Gasteiger partial charge in [-0.15, -0.1) is 0 Å². The molecule has 3 nitrogen and oxygen atoms in total. The first-order valence-corrected chi connectivity index (χ1v) is 10.7. The topological polar surface area (TPSA) is 34.2 Å². The molecule has 1 saturated heterocycles. The molecule has 2 aromatic carbocycles. The van der Waals surface area contributed by atoms with E-state index in [1.54, 1.807) is 0 Å². The molecule has 2 heterocycles. The maximum atomic E-state index is 6.50. The number of aromatic nitrogens is 1. The Morgan fingerprint density at radius 3 is 1.48 bits per heavy atom. The van der Waals surface area contributed by atoms with Gasteiger partial charge in [-0.2, -0.15) is 0 Å². The fraction of sp³-hybridized carbons (Fsp3) is 0.520. The van der Waals surface area contributed by atoms with Crippen LogP contribution in [0.2, 0.25) is 0 Å². The minimum absolute atomic E-state index is 0.361. The van der Waals surface area contributed by atoms with E-state index in [4.69, 9.17) is 9.31 Å². The summed E-state index contributed by atoms with van der Waals surface area (Å²) in [6.45, 7) is 24.1. The Labute approximate surface area is 175 Å². The molecule has 1 aromatic heterocycles. The SMILES string of the molecule is Cc1c(C)c(C)c2c([nH]c3c(B4OC(C)(C)C(C)(C)O4)c(C)c(C)c(C)c32)c1C. The van der Waals surface area contributed by atoms with E-state index in [1.807, 2.05) is 0 Å². The lowest BCUT2D eigenvalue weighted by molar-refractivity contribution is 0.00578. The summed E-state index contributed by atoms with van der Waals surface area (Å²) in [5.41, 5.74) is 12.2. The van der Waals surface area contributed by atoms with E-state index >= 15 is 0 Å². The summed E-state index contributed by atoms with van der Waals surface area (Å²) in [5, 5.41) is 2.66. The Morgan fingerprint density at radius 1 is 0.552 bits per heavy atom. The second-order valence-electron chi connectivity index (χ2n) is 10.0. The van der Waals surface area contributed by atoms with Crippen molar-refractivity contribution in [2.24, 2.45) is 0 Å². The van der Waals surface area contributed by atoms with Crippen LogP contribution in [-0.4, -0.2) is 23.3 Å². The number of hydrogen-bond acceptors (Lipinski definition) is 2. The maximum Gasteiger partial charge on any atom is 0.497 e. The van der Waals surface area contributed by atoms with E-state index in [0.29, 0.717) is 0 Å². The third kappa shape index (κ3) is 2.58. The Morgan fingerprint density at radius 2 is 0.966 bits per heavy atom. The molecule has 0 radical (unpaired) electrons. The van der Waals surface area contributed by atoms with Gasteiger partial charge in [-0.3, -0.25) is 0 Å². The summed E-state index contributed by atoms with van der Waals surface area (Å²) in [4.78, 5) is 3.80. The van der Waals surface area contributed by atoms with E-state index in [2.05, 4.69) is 81.1 Å². The predicted molar refractivity (Wildman–Crippen MR) is 125 cm³/mol. The van der Waals surface area contributed by atoms with Crippen LogP contribution < -0.4 is 5.46 Å². The number of rotatable bonds is 1. The maximum absolute atomic E-state index is 6.50. The average molecular weight is 391 g/mol. The summed E-state index contributed by atoms with van der Waals surface area (Å²) in [7, 11) is -0.377. The van der Waals surface area contributed by atoms with Gasteiger partial charge in [0.25, 0.3) is 0 Å². The summed E-state index contributed by atoms with van der Waals surface area (Å²) in [5.74, 6) is 0. The van der Waals surface area contributed by atoms with Crippen LogP contribution in [0.1, 0.15) is 66.6 Å². The Hall–Kier alpha value is -1.78.